The molecule has 0 fully saturated rings. The Labute approximate surface area is 116 Å². The number of nitrogens with zero attached hydrogens (tertiary/aromatic N) is 2. The fourth-order valence-corrected chi connectivity index (χ4v) is 3.02. The van der Waals surface area contributed by atoms with E-state index in [0.29, 0.717) is 0 Å². The first-order chi connectivity index (χ1) is 9.13. The molecule has 0 saturated heterocycles. The van der Waals surface area contributed by atoms with Crippen molar-refractivity contribution in [2.24, 2.45) is 0 Å². The second-order valence-electron chi connectivity index (χ2n) is 4.62. The number of hydrogen-bond acceptors (Lipinski definition) is 4. The first kappa shape index (κ1) is 12.0. The normalized spacial score (nSPS) is 10.8. The molecule has 0 aliphatic carbocycles. The largest absolute Gasteiger partial charge is 0.399 e. The van der Waals surface area contributed by atoms with Crippen LogP contribution in [0.3, 0.4) is 0 Å². The van der Waals surface area contributed by atoms with E-state index in [1.165, 1.54) is 5.56 Å². The third-order valence-electron chi connectivity index (χ3n) is 3.08. The van der Waals surface area contributed by atoms with E-state index < -0.39 is 0 Å². The number of aryl methyl sites for hydroxylation is 1. The number of anilines is 3. The van der Waals surface area contributed by atoms with E-state index in [0.717, 1.165) is 26.7 Å². The molecule has 3 nitrogen and oxygen atoms in total. The van der Waals surface area contributed by atoms with Crippen LogP contribution in [0.2, 0.25) is 0 Å². The number of hydrogen-bond donors (Lipinski definition) is 1. The number of rotatable bonds is 2. The number of thiazole rings is 1. The molecule has 3 rings (SSSR count). The average molecular weight is 269 g/mol. The Hall–Kier alpha value is -2.07. The van der Waals surface area contributed by atoms with Gasteiger partial charge in [-0.25, -0.2) is 4.98 Å². The Morgan fingerprint density at radius 3 is 2.79 bits per heavy atom. The lowest BCUT2D eigenvalue weighted by atomic mass is 10.2. The molecule has 4 heteroatoms. The van der Waals surface area contributed by atoms with E-state index in [9.17, 15) is 0 Å². The minimum atomic E-state index is 0.779. The summed E-state index contributed by atoms with van der Waals surface area (Å²) >= 11 is 1.66. The highest BCUT2D eigenvalue weighted by atomic mass is 32.1. The zero-order chi connectivity index (χ0) is 13.4. The fraction of sp³-hybridized carbons (Fsp3) is 0.133. The van der Waals surface area contributed by atoms with Gasteiger partial charge in [-0.05, 0) is 42.8 Å². The number of nitrogen functional groups attached to an aromatic ring is 1. The summed E-state index contributed by atoms with van der Waals surface area (Å²) in [5, 5.41) is 0.978. The lowest BCUT2D eigenvalue weighted by molar-refractivity contribution is 1.18. The summed E-state index contributed by atoms with van der Waals surface area (Å²) in [6.07, 6.45) is 0. The van der Waals surface area contributed by atoms with E-state index in [2.05, 4.69) is 41.1 Å². The summed E-state index contributed by atoms with van der Waals surface area (Å²) in [6, 6.07) is 14.2. The third kappa shape index (κ3) is 2.27. The van der Waals surface area contributed by atoms with Crippen molar-refractivity contribution in [2.75, 3.05) is 17.7 Å². The number of fused-ring (bicyclic) bond motifs is 1. The van der Waals surface area contributed by atoms with E-state index in [4.69, 9.17) is 5.73 Å². The molecule has 3 aromatic rings. The molecule has 1 aromatic heterocycles. The van der Waals surface area contributed by atoms with Crippen LogP contribution in [-0.4, -0.2) is 12.0 Å². The molecule has 0 aliphatic heterocycles. The van der Waals surface area contributed by atoms with Crippen molar-refractivity contribution in [1.29, 1.82) is 0 Å². The van der Waals surface area contributed by atoms with Crippen molar-refractivity contribution in [3.05, 3.63) is 48.0 Å². The van der Waals surface area contributed by atoms with Crippen LogP contribution in [0.15, 0.2) is 42.5 Å². The molecule has 2 aromatic carbocycles. The second kappa shape index (κ2) is 4.55. The van der Waals surface area contributed by atoms with Gasteiger partial charge in [-0.1, -0.05) is 23.5 Å². The first-order valence-electron chi connectivity index (χ1n) is 6.10. The molecular formula is C15H15N3S. The van der Waals surface area contributed by atoms with Gasteiger partial charge < -0.3 is 10.6 Å². The van der Waals surface area contributed by atoms with Gasteiger partial charge in [-0.15, -0.1) is 0 Å². The van der Waals surface area contributed by atoms with Gasteiger partial charge in [0, 0.05) is 18.4 Å². The minimum absolute atomic E-state index is 0.779. The fourth-order valence-electron chi connectivity index (χ4n) is 2.02. The molecule has 0 amide bonds. The summed E-state index contributed by atoms with van der Waals surface area (Å²) in [4.78, 5) is 6.75. The molecule has 2 N–H and O–H groups in total. The molecule has 0 spiro atoms. The SMILES string of the molecule is Cc1cccc(N(C)c2nc3ccc(N)cc3s2)c1. The summed E-state index contributed by atoms with van der Waals surface area (Å²) in [5.41, 5.74) is 9.97. The van der Waals surface area contributed by atoms with Crippen LogP contribution >= 0.6 is 11.3 Å². The topological polar surface area (TPSA) is 42.2 Å². The summed E-state index contributed by atoms with van der Waals surface area (Å²) in [6.45, 7) is 2.09. The highest BCUT2D eigenvalue weighted by Gasteiger charge is 2.10. The lowest BCUT2D eigenvalue weighted by Gasteiger charge is -2.16. The predicted octanol–water partition coefficient (Wildman–Crippen LogP) is 3.95. The standard InChI is InChI=1S/C15H15N3S/c1-10-4-3-5-12(8-10)18(2)15-17-13-7-6-11(16)9-14(13)19-15/h3-9H,16H2,1-2H3. The summed E-state index contributed by atoms with van der Waals surface area (Å²) < 4.78 is 1.12. The van der Waals surface area contributed by atoms with Crippen LogP contribution in [0.25, 0.3) is 10.2 Å². The zero-order valence-corrected chi connectivity index (χ0v) is 11.7. The molecule has 19 heavy (non-hydrogen) atoms. The van der Waals surface area contributed by atoms with Crippen molar-refractivity contribution >= 4 is 38.1 Å². The predicted molar refractivity (Wildman–Crippen MR) is 83.3 cm³/mol. The van der Waals surface area contributed by atoms with E-state index in [1.54, 1.807) is 11.3 Å². The molecule has 0 radical (unpaired) electrons. The van der Waals surface area contributed by atoms with Crippen LogP contribution < -0.4 is 10.6 Å². The first-order valence-corrected chi connectivity index (χ1v) is 6.91. The molecule has 0 atom stereocenters. The highest BCUT2D eigenvalue weighted by molar-refractivity contribution is 7.22. The molecular weight excluding hydrogens is 254 g/mol. The van der Waals surface area contributed by atoms with Crippen molar-refractivity contribution in [1.82, 2.24) is 4.98 Å². The Kier molecular flexibility index (Phi) is 2.87. The number of aromatic nitrogens is 1. The van der Waals surface area contributed by atoms with Crippen LogP contribution in [0.1, 0.15) is 5.56 Å². The van der Waals surface area contributed by atoms with Crippen molar-refractivity contribution < 1.29 is 0 Å². The average Bonchev–Trinajstić information content (AvgIpc) is 2.80. The minimum Gasteiger partial charge on any atom is -0.399 e. The quantitative estimate of drug-likeness (QED) is 0.716. The monoisotopic (exact) mass is 269 g/mol. The summed E-state index contributed by atoms with van der Waals surface area (Å²) in [5.74, 6) is 0. The lowest BCUT2D eigenvalue weighted by Crippen LogP contribution is -2.08. The maximum absolute atomic E-state index is 5.81. The van der Waals surface area contributed by atoms with Gasteiger partial charge in [0.15, 0.2) is 5.13 Å². The van der Waals surface area contributed by atoms with Gasteiger partial charge in [0.25, 0.3) is 0 Å². The molecule has 0 aliphatic rings. The van der Waals surface area contributed by atoms with Crippen molar-refractivity contribution in [3.63, 3.8) is 0 Å². The number of nitrogens with two attached hydrogens (primary N) is 1. The third-order valence-corrected chi connectivity index (χ3v) is 4.17. The van der Waals surface area contributed by atoms with Crippen LogP contribution in [0, 0.1) is 6.92 Å². The maximum Gasteiger partial charge on any atom is 0.190 e. The molecule has 1 heterocycles. The van der Waals surface area contributed by atoms with Crippen molar-refractivity contribution in [3.8, 4) is 0 Å². The van der Waals surface area contributed by atoms with Gasteiger partial charge in [0.2, 0.25) is 0 Å². The Morgan fingerprint density at radius 2 is 2.00 bits per heavy atom. The zero-order valence-electron chi connectivity index (χ0n) is 10.9. The Morgan fingerprint density at radius 1 is 1.16 bits per heavy atom. The smallest absolute Gasteiger partial charge is 0.190 e. The van der Waals surface area contributed by atoms with Crippen molar-refractivity contribution in [2.45, 2.75) is 6.92 Å². The van der Waals surface area contributed by atoms with Crippen LogP contribution in [0.5, 0.6) is 0 Å². The van der Waals surface area contributed by atoms with Crippen LogP contribution in [-0.2, 0) is 0 Å². The Bertz CT molecular complexity index is 733. The van der Waals surface area contributed by atoms with Crippen LogP contribution in [0.4, 0.5) is 16.5 Å². The highest BCUT2D eigenvalue weighted by Crippen LogP contribution is 2.33. The van der Waals surface area contributed by atoms with Gasteiger partial charge >= 0.3 is 0 Å². The molecule has 0 bridgehead atoms. The van der Waals surface area contributed by atoms with E-state index in [-0.39, 0.29) is 0 Å². The van der Waals surface area contributed by atoms with Gasteiger partial charge in [-0.3, -0.25) is 0 Å². The second-order valence-corrected chi connectivity index (χ2v) is 5.63. The number of benzene rings is 2. The molecule has 0 saturated carbocycles. The summed E-state index contributed by atoms with van der Waals surface area (Å²) in [7, 11) is 2.04. The Balaban J connectivity index is 2.04. The van der Waals surface area contributed by atoms with E-state index >= 15 is 0 Å². The maximum atomic E-state index is 5.81. The van der Waals surface area contributed by atoms with E-state index in [1.807, 2.05) is 25.2 Å². The van der Waals surface area contributed by atoms with Gasteiger partial charge in [-0.2, -0.15) is 0 Å². The van der Waals surface area contributed by atoms with Gasteiger partial charge in [0.05, 0.1) is 10.2 Å². The molecule has 0 unspecified atom stereocenters. The molecule has 96 valence electrons. The van der Waals surface area contributed by atoms with Gasteiger partial charge in [0.1, 0.15) is 0 Å².